The monoisotopic (exact) mass is 221 g/mol. The number of nitro groups is 1. The van der Waals surface area contributed by atoms with Crippen molar-refractivity contribution in [1.29, 1.82) is 0 Å². The number of nitrogens with two attached hydrogens (primary N) is 1. The van der Waals surface area contributed by atoms with E-state index >= 15 is 0 Å². The van der Waals surface area contributed by atoms with Crippen molar-refractivity contribution in [2.75, 3.05) is 11.1 Å². The van der Waals surface area contributed by atoms with E-state index in [1.165, 1.54) is 12.1 Å². The molecule has 0 bridgehead atoms. The lowest BCUT2D eigenvalue weighted by Gasteiger charge is -2.06. The number of nitrogen functional groups attached to an aromatic ring is 1. The van der Waals surface area contributed by atoms with Crippen LogP contribution in [0.15, 0.2) is 18.2 Å². The Morgan fingerprint density at radius 2 is 2.31 bits per heavy atom. The van der Waals surface area contributed by atoms with Crippen LogP contribution < -0.4 is 11.1 Å². The van der Waals surface area contributed by atoms with Gasteiger partial charge in [0.15, 0.2) is 0 Å². The Bertz CT molecular complexity index is 420. The van der Waals surface area contributed by atoms with Crippen molar-refractivity contribution in [3.8, 4) is 0 Å². The summed E-state index contributed by atoms with van der Waals surface area (Å²) in [6, 6.07) is 5.08. The lowest BCUT2D eigenvalue weighted by atomic mass is 10.2. The molecule has 0 amide bonds. The van der Waals surface area contributed by atoms with Gasteiger partial charge in [-0.1, -0.05) is 13.3 Å². The minimum Gasteiger partial charge on any atom is -0.398 e. The van der Waals surface area contributed by atoms with Gasteiger partial charge in [0.1, 0.15) is 0 Å². The highest BCUT2D eigenvalue weighted by molar-refractivity contribution is 5.62. The number of non-ortho nitro benzene ring substituents is 1. The second-order valence-electron chi connectivity index (χ2n) is 4.23. The molecule has 0 radical (unpaired) electrons. The third kappa shape index (κ3) is 2.24. The number of hydrogen-bond acceptors (Lipinski definition) is 4. The summed E-state index contributed by atoms with van der Waals surface area (Å²) in [7, 11) is 0. The van der Waals surface area contributed by atoms with Crippen LogP contribution in [0.2, 0.25) is 0 Å². The summed E-state index contributed by atoms with van der Waals surface area (Å²) in [5, 5.41) is 13.9. The van der Waals surface area contributed by atoms with E-state index in [0.29, 0.717) is 17.6 Å². The number of nitrogens with zero attached hydrogens (tertiary/aromatic N) is 1. The molecule has 0 spiro atoms. The molecule has 0 aromatic heterocycles. The molecule has 86 valence electrons. The van der Waals surface area contributed by atoms with Crippen LogP contribution in [0, 0.1) is 16.0 Å². The molecular weight excluding hydrogens is 206 g/mol. The molecule has 3 N–H and O–H groups in total. The number of benzene rings is 1. The lowest BCUT2D eigenvalue weighted by molar-refractivity contribution is -0.384. The third-order valence-corrected chi connectivity index (χ3v) is 2.95. The van der Waals surface area contributed by atoms with E-state index < -0.39 is 4.92 Å². The van der Waals surface area contributed by atoms with Gasteiger partial charge in [-0.3, -0.25) is 10.1 Å². The molecule has 1 aromatic rings. The molecule has 1 fully saturated rings. The van der Waals surface area contributed by atoms with Crippen molar-refractivity contribution in [3.05, 3.63) is 28.3 Å². The lowest BCUT2D eigenvalue weighted by Crippen LogP contribution is -2.05. The van der Waals surface area contributed by atoms with E-state index in [1.807, 2.05) is 0 Å². The molecule has 2 atom stereocenters. The van der Waals surface area contributed by atoms with Gasteiger partial charge in [0.05, 0.1) is 4.92 Å². The van der Waals surface area contributed by atoms with Crippen molar-refractivity contribution < 1.29 is 4.92 Å². The van der Waals surface area contributed by atoms with Crippen LogP contribution in [0.3, 0.4) is 0 Å². The predicted molar refractivity (Wildman–Crippen MR) is 63.3 cm³/mol. The molecule has 1 aliphatic carbocycles. The zero-order valence-corrected chi connectivity index (χ0v) is 9.14. The maximum atomic E-state index is 10.6. The molecule has 0 heterocycles. The molecule has 1 saturated carbocycles. The van der Waals surface area contributed by atoms with Crippen molar-refractivity contribution in [1.82, 2.24) is 0 Å². The molecule has 16 heavy (non-hydrogen) atoms. The van der Waals surface area contributed by atoms with Crippen molar-refractivity contribution in [2.24, 2.45) is 5.92 Å². The van der Waals surface area contributed by atoms with Crippen LogP contribution >= 0.6 is 0 Å². The fraction of sp³-hybridized carbons (Fsp3) is 0.455. The highest BCUT2D eigenvalue weighted by Gasteiger charge is 2.35. The number of nitrogens with one attached hydrogen (secondary N) is 1. The van der Waals surface area contributed by atoms with Crippen molar-refractivity contribution >= 4 is 17.1 Å². The fourth-order valence-electron chi connectivity index (χ4n) is 1.91. The molecule has 0 saturated heterocycles. The number of anilines is 2. The summed E-state index contributed by atoms with van der Waals surface area (Å²) in [5.41, 5.74) is 6.82. The topological polar surface area (TPSA) is 81.2 Å². The first kappa shape index (κ1) is 10.7. The first-order valence-electron chi connectivity index (χ1n) is 5.41. The molecule has 2 rings (SSSR count). The largest absolute Gasteiger partial charge is 0.398 e. The summed E-state index contributed by atoms with van der Waals surface area (Å²) in [6.07, 6.45) is 2.28. The molecule has 1 aromatic carbocycles. The third-order valence-electron chi connectivity index (χ3n) is 2.95. The molecule has 5 nitrogen and oxygen atoms in total. The van der Waals surface area contributed by atoms with Gasteiger partial charge >= 0.3 is 0 Å². The standard InChI is InChI=1S/C11H15N3O2/c1-2-7-3-11(7)13-9-4-8(12)5-10(6-9)14(15)16/h4-7,11,13H,2-3,12H2,1H3. The Hall–Kier alpha value is -1.78. The van der Waals surface area contributed by atoms with E-state index in [2.05, 4.69) is 12.2 Å². The Kier molecular flexibility index (Phi) is 2.68. The average Bonchev–Trinajstić information content (AvgIpc) is 2.95. The molecule has 0 aliphatic heterocycles. The van der Waals surface area contributed by atoms with Gasteiger partial charge in [-0.15, -0.1) is 0 Å². The van der Waals surface area contributed by atoms with Crippen LogP contribution in [-0.4, -0.2) is 11.0 Å². The minimum atomic E-state index is -0.425. The Labute approximate surface area is 93.8 Å². The van der Waals surface area contributed by atoms with Crippen molar-refractivity contribution in [3.63, 3.8) is 0 Å². The minimum absolute atomic E-state index is 0.0381. The van der Waals surface area contributed by atoms with Gasteiger partial charge in [0, 0.05) is 29.5 Å². The van der Waals surface area contributed by atoms with E-state index in [0.717, 1.165) is 18.5 Å². The number of nitro benzene ring substituents is 1. The molecule has 2 unspecified atom stereocenters. The zero-order chi connectivity index (χ0) is 11.7. The van der Waals surface area contributed by atoms with Gasteiger partial charge in [-0.05, 0) is 18.4 Å². The molecular formula is C11H15N3O2. The maximum absolute atomic E-state index is 10.6. The SMILES string of the molecule is CCC1CC1Nc1cc(N)cc([N+](=O)[O-])c1. The fourth-order valence-corrected chi connectivity index (χ4v) is 1.91. The summed E-state index contributed by atoms with van der Waals surface area (Å²) < 4.78 is 0. The van der Waals surface area contributed by atoms with Gasteiger partial charge in [-0.25, -0.2) is 0 Å². The summed E-state index contributed by atoms with van der Waals surface area (Å²) in [6.45, 7) is 2.15. The van der Waals surface area contributed by atoms with Crippen LogP contribution in [0.25, 0.3) is 0 Å². The van der Waals surface area contributed by atoms with Crippen LogP contribution in [-0.2, 0) is 0 Å². The molecule has 1 aliphatic rings. The van der Waals surface area contributed by atoms with E-state index in [1.54, 1.807) is 6.07 Å². The maximum Gasteiger partial charge on any atom is 0.273 e. The van der Waals surface area contributed by atoms with Crippen molar-refractivity contribution in [2.45, 2.75) is 25.8 Å². The Morgan fingerprint density at radius 1 is 1.56 bits per heavy atom. The van der Waals surface area contributed by atoms with Crippen LogP contribution in [0.5, 0.6) is 0 Å². The highest BCUT2D eigenvalue weighted by Crippen LogP contribution is 2.37. The summed E-state index contributed by atoms with van der Waals surface area (Å²) in [5.74, 6) is 0.695. The van der Waals surface area contributed by atoms with E-state index in [9.17, 15) is 10.1 Å². The second kappa shape index (κ2) is 4.00. The summed E-state index contributed by atoms with van der Waals surface area (Å²) in [4.78, 5) is 10.2. The number of rotatable bonds is 4. The van der Waals surface area contributed by atoms with Gasteiger partial charge in [0.2, 0.25) is 0 Å². The quantitative estimate of drug-likeness (QED) is 0.464. The van der Waals surface area contributed by atoms with Crippen LogP contribution in [0.4, 0.5) is 17.1 Å². The highest BCUT2D eigenvalue weighted by atomic mass is 16.6. The van der Waals surface area contributed by atoms with Gasteiger partial charge in [-0.2, -0.15) is 0 Å². The Balaban J connectivity index is 2.12. The summed E-state index contributed by atoms with van der Waals surface area (Å²) >= 11 is 0. The number of hydrogen-bond donors (Lipinski definition) is 2. The first-order chi connectivity index (χ1) is 7.60. The predicted octanol–water partition coefficient (Wildman–Crippen LogP) is 2.39. The smallest absolute Gasteiger partial charge is 0.273 e. The van der Waals surface area contributed by atoms with E-state index in [-0.39, 0.29) is 5.69 Å². The molecule has 5 heteroatoms. The second-order valence-corrected chi connectivity index (χ2v) is 4.23. The Morgan fingerprint density at radius 3 is 2.88 bits per heavy atom. The normalized spacial score (nSPS) is 22.8. The van der Waals surface area contributed by atoms with E-state index in [4.69, 9.17) is 5.73 Å². The van der Waals surface area contributed by atoms with Gasteiger partial charge < -0.3 is 11.1 Å². The van der Waals surface area contributed by atoms with Crippen LogP contribution in [0.1, 0.15) is 19.8 Å². The first-order valence-corrected chi connectivity index (χ1v) is 5.41. The average molecular weight is 221 g/mol. The van der Waals surface area contributed by atoms with Gasteiger partial charge in [0.25, 0.3) is 5.69 Å². The zero-order valence-electron chi connectivity index (χ0n) is 9.14.